The molecule has 6 nitrogen and oxygen atoms in total. The van der Waals surface area contributed by atoms with Crippen LogP contribution in [0, 0.1) is 11.8 Å². The van der Waals surface area contributed by atoms with Crippen molar-refractivity contribution in [2.75, 3.05) is 38.3 Å². The van der Waals surface area contributed by atoms with Crippen LogP contribution >= 0.6 is 11.8 Å². The predicted octanol–water partition coefficient (Wildman–Crippen LogP) is 17.5. The standard InChI is InChI=1S/C64H113NO5SSi/c1-10-13-16-19-20-26-42-57(41-25-17-14-11-2)63(67)68-52-37-23-27-43-58(44-28-24-39-54-71-55-59(45-29-18-15-12-3)70-62(66)50-35-34-40-56(4)5)65(9)51-36-38-53-69-72(64(6,7)8,60-46-30-21-31-47-60)61-48-32-22-33-49-61/h21-22,30-33,46-49,56-59H,10-20,23-29,34-45,50-55H2,1-9H3. The molecule has 0 fully saturated rings. The average Bonchev–Trinajstić information content (AvgIpc) is 3.36. The van der Waals surface area contributed by atoms with E-state index in [0.717, 1.165) is 108 Å². The van der Waals surface area contributed by atoms with Crippen LogP contribution in [0.15, 0.2) is 60.7 Å². The topological polar surface area (TPSA) is 65.1 Å². The largest absolute Gasteiger partial charge is 0.465 e. The van der Waals surface area contributed by atoms with Crippen molar-refractivity contribution in [2.45, 2.75) is 272 Å². The van der Waals surface area contributed by atoms with E-state index in [1.807, 2.05) is 11.8 Å². The van der Waals surface area contributed by atoms with Gasteiger partial charge in [-0.1, -0.05) is 238 Å². The minimum atomic E-state index is -2.55. The molecule has 2 aromatic carbocycles. The molecule has 0 aliphatic rings. The van der Waals surface area contributed by atoms with Crippen LogP contribution in [0.3, 0.4) is 0 Å². The van der Waals surface area contributed by atoms with Gasteiger partial charge in [-0.25, -0.2) is 0 Å². The number of hydrogen-bond acceptors (Lipinski definition) is 7. The highest BCUT2D eigenvalue weighted by atomic mass is 32.2. The highest BCUT2D eigenvalue weighted by Crippen LogP contribution is 2.37. The maximum atomic E-state index is 13.4. The molecule has 3 atom stereocenters. The van der Waals surface area contributed by atoms with Crippen molar-refractivity contribution >= 4 is 42.4 Å². The Morgan fingerprint density at radius 2 is 1.06 bits per heavy atom. The third-order valence-corrected chi connectivity index (χ3v) is 21.3. The summed E-state index contributed by atoms with van der Waals surface area (Å²) < 4.78 is 19.4. The molecular weight excluding hydrogens is 923 g/mol. The van der Waals surface area contributed by atoms with Gasteiger partial charge >= 0.3 is 11.9 Å². The van der Waals surface area contributed by atoms with Gasteiger partial charge in [-0.15, -0.1) is 0 Å². The van der Waals surface area contributed by atoms with Gasteiger partial charge in [0.15, 0.2) is 0 Å². The third kappa shape index (κ3) is 29.2. The van der Waals surface area contributed by atoms with Crippen molar-refractivity contribution < 1.29 is 23.5 Å². The van der Waals surface area contributed by atoms with E-state index in [-0.39, 0.29) is 29.0 Å². The average molecular weight is 1040 g/mol. The van der Waals surface area contributed by atoms with Crippen LogP contribution in [0.2, 0.25) is 5.04 Å². The second-order valence-electron chi connectivity index (χ2n) is 23.0. The summed E-state index contributed by atoms with van der Waals surface area (Å²) in [5.74, 6) is 2.87. The Labute approximate surface area is 451 Å². The number of esters is 2. The predicted molar refractivity (Wildman–Crippen MR) is 317 cm³/mol. The van der Waals surface area contributed by atoms with Crippen molar-refractivity contribution in [2.24, 2.45) is 11.8 Å². The van der Waals surface area contributed by atoms with Gasteiger partial charge in [-0.3, -0.25) is 9.59 Å². The Morgan fingerprint density at radius 3 is 1.62 bits per heavy atom. The number of hydrogen-bond donors (Lipinski definition) is 0. The molecule has 0 N–H and O–H groups in total. The van der Waals surface area contributed by atoms with Crippen molar-refractivity contribution in [1.82, 2.24) is 4.90 Å². The highest BCUT2D eigenvalue weighted by molar-refractivity contribution is 7.99. The van der Waals surface area contributed by atoms with Gasteiger partial charge in [0.05, 0.1) is 12.5 Å². The Kier molecular flexibility index (Phi) is 38.5. The summed E-state index contributed by atoms with van der Waals surface area (Å²) in [6.45, 7) is 20.8. The maximum absolute atomic E-state index is 13.4. The van der Waals surface area contributed by atoms with E-state index in [2.05, 4.69) is 128 Å². The summed E-state index contributed by atoms with van der Waals surface area (Å²) in [6.07, 6.45) is 35.5. The van der Waals surface area contributed by atoms with Crippen LogP contribution in [0.25, 0.3) is 0 Å². The lowest BCUT2D eigenvalue weighted by Crippen LogP contribution is -2.66. The molecule has 0 spiro atoms. The van der Waals surface area contributed by atoms with Crippen LogP contribution in [0.1, 0.15) is 254 Å². The van der Waals surface area contributed by atoms with Gasteiger partial charge in [-0.2, -0.15) is 11.8 Å². The summed E-state index contributed by atoms with van der Waals surface area (Å²) in [4.78, 5) is 28.8. The number of carbonyl (C=O) groups excluding carboxylic acids is 2. The van der Waals surface area contributed by atoms with Crippen molar-refractivity contribution in [3.63, 3.8) is 0 Å². The van der Waals surface area contributed by atoms with Gasteiger partial charge in [-0.05, 0) is 111 Å². The summed E-state index contributed by atoms with van der Waals surface area (Å²) in [6, 6.07) is 22.6. The molecule has 414 valence electrons. The summed E-state index contributed by atoms with van der Waals surface area (Å²) >= 11 is 1.99. The molecule has 0 amide bonds. The second kappa shape index (κ2) is 42.0. The van der Waals surface area contributed by atoms with E-state index >= 15 is 0 Å². The smallest absolute Gasteiger partial charge is 0.308 e. The van der Waals surface area contributed by atoms with E-state index in [4.69, 9.17) is 13.9 Å². The minimum absolute atomic E-state index is 0.00315. The first-order valence-electron chi connectivity index (χ1n) is 30.3. The summed E-state index contributed by atoms with van der Waals surface area (Å²) in [5.41, 5.74) is 0. The van der Waals surface area contributed by atoms with Gasteiger partial charge < -0.3 is 18.8 Å². The quantitative estimate of drug-likeness (QED) is 0.0372. The molecule has 3 unspecified atom stereocenters. The first-order valence-corrected chi connectivity index (χ1v) is 33.3. The summed E-state index contributed by atoms with van der Waals surface area (Å²) in [7, 11) is -0.197. The lowest BCUT2D eigenvalue weighted by Gasteiger charge is -2.43. The molecular formula is C64H113NO5SSi. The molecule has 2 rings (SSSR count). The van der Waals surface area contributed by atoms with Gasteiger partial charge in [0.1, 0.15) is 6.10 Å². The lowest BCUT2D eigenvalue weighted by atomic mass is 9.94. The lowest BCUT2D eigenvalue weighted by molar-refractivity contribution is -0.149. The monoisotopic (exact) mass is 1040 g/mol. The number of carbonyl (C=O) groups is 2. The van der Waals surface area contributed by atoms with E-state index in [0.29, 0.717) is 25.0 Å². The van der Waals surface area contributed by atoms with Gasteiger partial charge in [0.2, 0.25) is 0 Å². The second-order valence-corrected chi connectivity index (χ2v) is 28.5. The number of thioether (sulfide) groups is 1. The highest BCUT2D eigenvalue weighted by Gasteiger charge is 2.50. The van der Waals surface area contributed by atoms with E-state index in [1.165, 1.54) is 120 Å². The fourth-order valence-corrected chi connectivity index (χ4v) is 16.2. The zero-order chi connectivity index (χ0) is 52.6. The molecule has 0 radical (unpaired) electrons. The Hall–Kier alpha value is -2.13. The molecule has 0 aliphatic carbocycles. The number of unbranched alkanes of at least 4 members (excludes halogenated alkanes) is 17. The van der Waals surface area contributed by atoms with Crippen molar-refractivity contribution in [3.8, 4) is 0 Å². The zero-order valence-electron chi connectivity index (χ0n) is 48.4. The molecule has 8 heteroatoms. The van der Waals surface area contributed by atoms with Crippen LogP contribution in [0.4, 0.5) is 0 Å². The number of ether oxygens (including phenoxy) is 2. The summed E-state index contributed by atoms with van der Waals surface area (Å²) in [5, 5.41) is 2.67. The number of rotatable bonds is 47. The molecule has 0 saturated carbocycles. The maximum Gasteiger partial charge on any atom is 0.308 e. The van der Waals surface area contributed by atoms with Crippen LogP contribution < -0.4 is 10.4 Å². The SMILES string of the molecule is CCCCCCCCC(CCCCCC)C(=O)OCCCCCC(CCCCCSCC(CCCCCC)OC(=O)CCCCC(C)C)N(C)CCCCO[Si](c1ccccc1)(c1ccccc1)C(C)(C)C. The Balaban J connectivity index is 1.98. The third-order valence-electron chi connectivity index (χ3n) is 15.1. The molecule has 0 aromatic heterocycles. The van der Waals surface area contributed by atoms with E-state index in [9.17, 15) is 9.59 Å². The first kappa shape index (κ1) is 66.0. The molecule has 0 aliphatic heterocycles. The Bertz CT molecular complexity index is 1530. The fraction of sp³-hybridized carbons (Fsp3) is 0.781. The number of benzene rings is 2. The Morgan fingerprint density at radius 1 is 0.569 bits per heavy atom. The van der Waals surface area contributed by atoms with Gasteiger partial charge in [0, 0.05) is 24.8 Å². The molecule has 72 heavy (non-hydrogen) atoms. The number of nitrogens with zero attached hydrogens (tertiary/aromatic N) is 1. The van der Waals surface area contributed by atoms with Crippen LogP contribution in [0.5, 0.6) is 0 Å². The van der Waals surface area contributed by atoms with Crippen molar-refractivity contribution in [1.29, 1.82) is 0 Å². The minimum Gasteiger partial charge on any atom is -0.465 e. The zero-order valence-corrected chi connectivity index (χ0v) is 50.3. The molecule has 2 aromatic rings. The molecule has 0 bridgehead atoms. The first-order chi connectivity index (χ1) is 34.9. The van der Waals surface area contributed by atoms with Crippen molar-refractivity contribution in [3.05, 3.63) is 60.7 Å². The molecule has 0 saturated heterocycles. The normalized spacial score (nSPS) is 13.4. The van der Waals surface area contributed by atoms with Crippen LogP contribution in [-0.2, 0) is 23.5 Å². The van der Waals surface area contributed by atoms with E-state index < -0.39 is 8.32 Å². The van der Waals surface area contributed by atoms with E-state index in [1.54, 1.807) is 0 Å². The fourth-order valence-electron chi connectivity index (χ4n) is 10.6. The van der Waals surface area contributed by atoms with Gasteiger partial charge in [0.25, 0.3) is 8.32 Å². The molecule has 0 heterocycles. The van der Waals surface area contributed by atoms with Crippen LogP contribution in [-0.4, -0.2) is 75.6 Å².